The van der Waals surface area contributed by atoms with Crippen LogP contribution in [0.1, 0.15) is 6.92 Å². The molecule has 0 aromatic carbocycles. The van der Waals surface area contributed by atoms with Crippen LogP contribution >= 0.6 is 24.4 Å². The first-order valence-corrected chi connectivity index (χ1v) is 2.99. The van der Waals surface area contributed by atoms with Crippen LogP contribution in [0.15, 0.2) is 0 Å². The molecule has 0 spiro atoms. The van der Waals surface area contributed by atoms with E-state index in [1.54, 1.807) is 0 Å². The topological polar surface area (TPSA) is 46.5 Å². The van der Waals surface area contributed by atoms with Gasteiger partial charge in [0.2, 0.25) is 0 Å². The van der Waals surface area contributed by atoms with Crippen molar-refractivity contribution in [3.8, 4) is 0 Å². The van der Waals surface area contributed by atoms with Gasteiger partial charge in [-0.1, -0.05) is 0 Å². The number of hydrogen-bond acceptors (Lipinski definition) is 5. The number of aliphatic hydroxyl groups excluding tert-OH is 1. The lowest BCUT2D eigenvalue weighted by Gasteiger charge is -1.80. The fraction of sp³-hybridized carbons (Fsp3) is 0.600. The molecule has 0 saturated heterocycles. The van der Waals surface area contributed by atoms with Crippen molar-refractivity contribution in [1.29, 1.82) is 0 Å². The van der Waals surface area contributed by atoms with E-state index in [1.807, 2.05) is 4.31 Å². The Morgan fingerprint density at radius 3 is 1.60 bits per heavy atom. The molecular formula is C5H10O3S2. The molecule has 5 heteroatoms. The van der Waals surface area contributed by atoms with E-state index in [-0.39, 0.29) is 5.97 Å². The summed E-state index contributed by atoms with van der Waals surface area (Å²) in [5.41, 5.74) is 0. The number of esters is 1. The average Bonchev–Trinajstić information content (AvgIpc) is 1.94. The summed E-state index contributed by atoms with van der Waals surface area (Å²) in [7, 11) is 2.35. The molecule has 0 atom stereocenters. The lowest BCUT2D eigenvalue weighted by molar-refractivity contribution is -0.137. The highest BCUT2D eigenvalue weighted by atomic mass is 32.1. The van der Waals surface area contributed by atoms with Crippen molar-refractivity contribution >= 4 is 34.7 Å². The normalized spacial score (nSPS) is 4.80. The molecule has 0 aliphatic carbocycles. The van der Waals surface area contributed by atoms with E-state index in [4.69, 9.17) is 5.11 Å². The number of thiocarbonyl (C=S) groups is 2. The average molecular weight is 182 g/mol. The molecule has 0 heterocycles. The van der Waals surface area contributed by atoms with Gasteiger partial charge in [0.05, 0.1) is 7.11 Å². The van der Waals surface area contributed by atoms with Crippen molar-refractivity contribution in [2.45, 2.75) is 6.92 Å². The van der Waals surface area contributed by atoms with Crippen LogP contribution in [0.2, 0.25) is 0 Å². The Bertz CT molecular complexity index is 97.1. The molecule has 0 saturated carbocycles. The van der Waals surface area contributed by atoms with Crippen LogP contribution in [-0.4, -0.2) is 29.6 Å². The maximum Gasteiger partial charge on any atom is 0.302 e. The van der Waals surface area contributed by atoms with E-state index in [2.05, 4.69) is 29.2 Å². The first-order valence-electron chi connectivity index (χ1n) is 2.17. The minimum Gasteiger partial charge on any atom is -0.469 e. The van der Waals surface area contributed by atoms with Gasteiger partial charge in [-0.25, -0.2) is 0 Å². The highest BCUT2D eigenvalue weighted by Crippen LogP contribution is 1.60. The van der Waals surface area contributed by atoms with Crippen LogP contribution in [0.3, 0.4) is 0 Å². The van der Waals surface area contributed by atoms with Gasteiger partial charge in [0.1, 0.15) is 0 Å². The molecule has 0 aromatic rings. The number of rotatable bonds is 0. The van der Waals surface area contributed by atoms with Crippen LogP contribution in [0.5, 0.6) is 0 Å². The van der Waals surface area contributed by atoms with Gasteiger partial charge in [0.15, 0.2) is 0 Å². The predicted molar refractivity (Wildman–Crippen MR) is 46.0 cm³/mol. The fourth-order valence-corrected chi connectivity index (χ4v) is 0. The SMILES string of the molecule is CO.COC(C)=O.S=C=S. The lowest BCUT2D eigenvalue weighted by atomic mass is 10.8. The van der Waals surface area contributed by atoms with Gasteiger partial charge in [0, 0.05) is 18.3 Å². The van der Waals surface area contributed by atoms with E-state index in [0.717, 1.165) is 7.11 Å². The van der Waals surface area contributed by atoms with Gasteiger partial charge < -0.3 is 9.84 Å². The molecule has 0 unspecified atom stereocenters. The number of ether oxygens (including phenoxy) is 1. The van der Waals surface area contributed by atoms with E-state index >= 15 is 0 Å². The molecule has 0 amide bonds. The maximum absolute atomic E-state index is 9.59. The maximum atomic E-state index is 9.59. The number of carbonyl (C=O) groups is 1. The monoisotopic (exact) mass is 182 g/mol. The molecular weight excluding hydrogens is 172 g/mol. The molecule has 0 bridgehead atoms. The van der Waals surface area contributed by atoms with E-state index in [9.17, 15) is 4.79 Å². The van der Waals surface area contributed by atoms with Crippen molar-refractivity contribution in [2.75, 3.05) is 14.2 Å². The number of methoxy groups -OCH3 is 1. The summed E-state index contributed by atoms with van der Waals surface area (Å²) in [4.78, 5) is 9.59. The summed E-state index contributed by atoms with van der Waals surface area (Å²) < 4.78 is 6.03. The summed E-state index contributed by atoms with van der Waals surface area (Å²) in [5.74, 6) is -0.245. The fourth-order valence-electron chi connectivity index (χ4n) is 0. The Balaban J connectivity index is -0.0000000847. The Labute approximate surface area is 71.0 Å². The van der Waals surface area contributed by atoms with Gasteiger partial charge in [-0.3, -0.25) is 4.79 Å². The second kappa shape index (κ2) is 23.4. The van der Waals surface area contributed by atoms with Crippen LogP contribution in [0.4, 0.5) is 0 Å². The van der Waals surface area contributed by atoms with Crippen LogP contribution in [0.25, 0.3) is 0 Å². The van der Waals surface area contributed by atoms with E-state index < -0.39 is 0 Å². The zero-order valence-electron chi connectivity index (χ0n) is 6.08. The summed E-state index contributed by atoms with van der Waals surface area (Å²) >= 11 is 7.92. The largest absolute Gasteiger partial charge is 0.469 e. The predicted octanol–water partition coefficient (Wildman–Crippen LogP) is 0.806. The van der Waals surface area contributed by atoms with Crippen molar-refractivity contribution < 1.29 is 14.6 Å². The zero-order valence-corrected chi connectivity index (χ0v) is 7.71. The molecule has 0 radical (unpaired) electrons. The van der Waals surface area contributed by atoms with E-state index in [0.29, 0.717) is 0 Å². The Morgan fingerprint density at radius 2 is 1.60 bits per heavy atom. The molecule has 0 rings (SSSR count). The molecule has 3 nitrogen and oxygen atoms in total. The molecule has 1 N–H and O–H groups in total. The van der Waals surface area contributed by atoms with Crippen molar-refractivity contribution in [3.63, 3.8) is 0 Å². The quantitative estimate of drug-likeness (QED) is 0.443. The van der Waals surface area contributed by atoms with Gasteiger partial charge in [-0.15, -0.1) is 0 Å². The van der Waals surface area contributed by atoms with Crippen molar-refractivity contribution in [3.05, 3.63) is 0 Å². The highest BCUT2D eigenvalue weighted by molar-refractivity contribution is 7.93. The lowest BCUT2D eigenvalue weighted by Crippen LogP contribution is -1.88. The number of aliphatic hydroxyl groups is 1. The first-order chi connectivity index (χ1) is 4.68. The summed E-state index contributed by atoms with van der Waals surface area (Å²) in [6, 6.07) is 0. The minimum absolute atomic E-state index is 0.245. The van der Waals surface area contributed by atoms with Gasteiger partial charge in [-0.05, 0) is 24.4 Å². The third-order valence-corrected chi connectivity index (χ3v) is 0.287. The molecule has 10 heavy (non-hydrogen) atoms. The molecule has 60 valence electrons. The van der Waals surface area contributed by atoms with Crippen LogP contribution in [-0.2, 0) is 9.53 Å². The van der Waals surface area contributed by atoms with Crippen LogP contribution in [0, 0.1) is 0 Å². The van der Waals surface area contributed by atoms with Gasteiger partial charge in [0.25, 0.3) is 0 Å². The highest BCUT2D eigenvalue weighted by Gasteiger charge is 1.75. The van der Waals surface area contributed by atoms with Gasteiger partial charge in [-0.2, -0.15) is 0 Å². The molecule has 0 aromatic heterocycles. The summed E-state index contributed by atoms with van der Waals surface area (Å²) in [5, 5.41) is 7.00. The van der Waals surface area contributed by atoms with E-state index in [1.165, 1.54) is 14.0 Å². The third kappa shape index (κ3) is 124. The second-order valence-electron chi connectivity index (χ2n) is 0.779. The summed E-state index contributed by atoms with van der Waals surface area (Å²) in [6.07, 6.45) is 0. The number of hydrogen-bond donors (Lipinski definition) is 1. The molecule has 0 aliphatic rings. The minimum atomic E-state index is -0.245. The Kier molecular flexibility index (Phi) is 38.2. The summed E-state index contributed by atoms with van der Waals surface area (Å²) in [6.45, 7) is 1.36. The zero-order chi connectivity index (χ0) is 8.99. The Morgan fingerprint density at radius 1 is 1.50 bits per heavy atom. The smallest absolute Gasteiger partial charge is 0.302 e. The van der Waals surface area contributed by atoms with Crippen molar-refractivity contribution in [2.24, 2.45) is 0 Å². The Hall–Kier alpha value is -0.350. The molecule has 0 fully saturated rings. The molecule has 0 aliphatic heterocycles. The van der Waals surface area contributed by atoms with Crippen molar-refractivity contribution in [1.82, 2.24) is 0 Å². The van der Waals surface area contributed by atoms with Crippen LogP contribution < -0.4 is 0 Å². The first kappa shape index (κ1) is 16.3. The standard InChI is InChI=1S/C3H6O2.CH4O.CS2/c1-3(4)5-2;1-2;2-1-3/h1-2H3;2H,1H3;. The number of carbonyl (C=O) groups excluding carboxylic acids is 1. The second-order valence-corrected chi connectivity index (χ2v) is 1.45. The third-order valence-electron chi connectivity index (χ3n) is 0.287. The van der Waals surface area contributed by atoms with Gasteiger partial charge >= 0.3 is 5.97 Å².